The topological polar surface area (TPSA) is 24.9 Å². The van der Waals surface area contributed by atoms with E-state index in [1.54, 1.807) is 19.4 Å². The van der Waals surface area contributed by atoms with Crippen LogP contribution in [0.4, 0.5) is 13.2 Å². The summed E-state index contributed by atoms with van der Waals surface area (Å²) in [5, 5.41) is 3.15. The van der Waals surface area contributed by atoms with Gasteiger partial charge >= 0.3 is 6.18 Å². The average Bonchev–Trinajstić information content (AvgIpc) is 2.48. The van der Waals surface area contributed by atoms with Gasteiger partial charge in [-0.15, -0.1) is 0 Å². The fourth-order valence-corrected chi connectivity index (χ4v) is 3.70. The molecule has 0 amide bonds. The van der Waals surface area contributed by atoms with Gasteiger partial charge in [-0.2, -0.15) is 13.2 Å². The first kappa shape index (κ1) is 16.3. The summed E-state index contributed by atoms with van der Waals surface area (Å²) < 4.78 is 39.9. The zero-order chi connectivity index (χ0) is 15.5. The molecule has 5 heteroatoms. The number of pyridine rings is 1. The summed E-state index contributed by atoms with van der Waals surface area (Å²) in [4.78, 5) is 3.98. The van der Waals surface area contributed by atoms with Gasteiger partial charge in [-0.05, 0) is 49.4 Å². The number of alkyl halides is 3. The molecular formula is C16H23F3N2. The Morgan fingerprint density at radius 2 is 1.81 bits per heavy atom. The fourth-order valence-electron chi connectivity index (χ4n) is 3.70. The molecule has 1 aliphatic carbocycles. The number of nitrogens with one attached hydrogen (secondary N) is 1. The van der Waals surface area contributed by atoms with Gasteiger partial charge in [0.1, 0.15) is 0 Å². The van der Waals surface area contributed by atoms with Crippen LogP contribution in [0.3, 0.4) is 0 Å². The predicted octanol–water partition coefficient (Wildman–Crippen LogP) is 4.14. The predicted molar refractivity (Wildman–Crippen MR) is 77.0 cm³/mol. The average molecular weight is 300 g/mol. The van der Waals surface area contributed by atoms with Gasteiger partial charge < -0.3 is 5.32 Å². The maximum absolute atomic E-state index is 13.3. The molecule has 118 valence electrons. The summed E-state index contributed by atoms with van der Waals surface area (Å²) in [6, 6.07) is 3.61. The third-order valence-corrected chi connectivity index (χ3v) is 4.81. The van der Waals surface area contributed by atoms with Crippen LogP contribution in [0.1, 0.15) is 44.1 Å². The molecule has 4 atom stereocenters. The largest absolute Gasteiger partial charge is 0.392 e. The number of hydrogen-bond donors (Lipinski definition) is 1. The number of nitrogens with zero attached hydrogens (tertiary/aromatic N) is 1. The van der Waals surface area contributed by atoms with Crippen LogP contribution >= 0.6 is 0 Å². The van der Waals surface area contributed by atoms with Crippen molar-refractivity contribution in [3.63, 3.8) is 0 Å². The Labute approximate surface area is 124 Å². The molecule has 1 aromatic heterocycles. The van der Waals surface area contributed by atoms with E-state index in [9.17, 15) is 13.2 Å². The van der Waals surface area contributed by atoms with E-state index >= 15 is 0 Å². The lowest BCUT2D eigenvalue weighted by atomic mass is 9.70. The highest BCUT2D eigenvalue weighted by Gasteiger charge is 2.48. The maximum Gasteiger partial charge on any atom is 0.392 e. The Bertz CT molecular complexity index is 433. The summed E-state index contributed by atoms with van der Waals surface area (Å²) in [6.07, 6.45) is 1.76. The van der Waals surface area contributed by atoms with Gasteiger partial charge in [0.2, 0.25) is 0 Å². The van der Waals surface area contributed by atoms with Crippen molar-refractivity contribution in [2.75, 3.05) is 7.05 Å². The highest BCUT2D eigenvalue weighted by Crippen LogP contribution is 2.45. The standard InChI is InChI=1S/C16H23F3N2/c1-11(12-7-9-21-10-8-12)15(20-2)13-5-3-4-6-14(13)16(17,18)19/h7-11,13-15,20H,3-6H2,1-2H3. The van der Waals surface area contributed by atoms with Crippen LogP contribution in [0.25, 0.3) is 0 Å². The first-order chi connectivity index (χ1) is 9.95. The van der Waals surface area contributed by atoms with E-state index in [2.05, 4.69) is 10.3 Å². The Morgan fingerprint density at radius 3 is 2.38 bits per heavy atom. The monoisotopic (exact) mass is 300 g/mol. The molecule has 0 aliphatic heterocycles. The summed E-state index contributed by atoms with van der Waals surface area (Å²) in [5.41, 5.74) is 1.04. The Kier molecular flexibility index (Phi) is 5.25. The molecule has 0 aromatic carbocycles. The van der Waals surface area contributed by atoms with Crippen LogP contribution in [0.15, 0.2) is 24.5 Å². The van der Waals surface area contributed by atoms with E-state index in [0.717, 1.165) is 12.0 Å². The molecular weight excluding hydrogens is 277 g/mol. The minimum atomic E-state index is -4.10. The van der Waals surface area contributed by atoms with E-state index in [4.69, 9.17) is 0 Å². The molecule has 21 heavy (non-hydrogen) atoms. The van der Waals surface area contributed by atoms with Gasteiger partial charge in [-0.1, -0.05) is 19.8 Å². The van der Waals surface area contributed by atoms with Crippen molar-refractivity contribution in [3.05, 3.63) is 30.1 Å². The van der Waals surface area contributed by atoms with E-state index < -0.39 is 12.1 Å². The molecule has 2 nitrogen and oxygen atoms in total. The summed E-state index contributed by atoms with van der Waals surface area (Å²) in [6.45, 7) is 2.00. The zero-order valence-corrected chi connectivity index (χ0v) is 12.5. The fraction of sp³-hybridized carbons (Fsp3) is 0.688. The number of aromatic nitrogens is 1. The molecule has 1 heterocycles. The number of rotatable bonds is 4. The van der Waals surface area contributed by atoms with Crippen molar-refractivity contribution in [2.24, 2.45) is 11.8 Å². The first-order valence-corrected chi connectivity index (χ1v) is 7.59. The SMILES string of the molecule is CNC(C(C)c1ccncc1)C1CCCCC1C(F)(F)F. The summed E-state index contributed by atoms with van der Waals surface area (Å²) >= 11 is 0. The van der Waals surface area contributed by atoms with Crippen molar-refractivity contribution in [1.29, 1.82) is 0 Å². The van der Waals surface area contributed by atoms with Gasteiger partial charge in [0.15, 0.2) is 0 Å². The third kappa shape index (κ3) is 3.76. The molecule has 4 unspecified atom stereocenters. The van der Waals surface area contributed by atoms with Crippen LogP contribution < -0.4 is 5.32 Å². The van der Waals surface area contributed by atoms with E-state index in [0.29, 0.717) is 12.8 Å². The molecule has 1 aliphatic rings. The maximum atomic E-state index is 13.3. The molecule has 1 saturated carbocycles. The second-order valence-corrected chi connectivity index (χ2v) is 5.98. The summed E-state index contributed by atoms with van der Waals surface area (Å²) in [7, 11) is 1.77. The van der Waals surface area contributed by atoms with Gasteiger partial charge in [-0.25, -0.2) is 0 Å². The van der Waals surface area contributed by atoms with Gasteiger partial charge in [0, 0.05) is 18.4 Å². The van der Waals surface area contributed by atoms with Gasteiger partial charge in [0.25, 0.3) is 0 Å². The van der Waals surface area contributed by atoms with Crippen LogP contribution in [0, 0.1) is 11.8 Å². The zero-order valence-electron chi connectivity index (χ0n) is 12.5. The van der Waals surface area contributed by atoms with Crippen LogP contribution in [-0.2, 0) is 0 Å². The minimum Gasteiger partial charge on any atom is -0.316 e. The Morgan fingerprint density at radius 1 is 1.19 bits per heavy atom. The van der Waals surface area contributed by atoms with E-state index in [1.165, 1.54) is 0 Å². The quantitative estimate of drug-likeness (QED) is 0.904. The molecule has 2 rings (SSSR count). The number of likely N-dealkylation sites (N-methyl/N-ethyl adjacent to an activating group) is 1. The summed E-state index contributed by atoms with van der Waals surface area (Å²) in [5.74, 6) is -1.51. The normalized spacial score (nSPS) is 26.3. The molecule has 0 saturated heterocycles. The smallest absolute Gasteiger partial charge is 0.316 e. The van der Waals surface area contributed by atoms with Crippen molar-refractivity contribution in [3.8, 4) is 0 Å². The first-order valence-electron chi connectivity index (χ1n) is 7.59. The third-order valence-electron chi connectivity index (χ3n) is 4.81. The molecule has 0 bridgehead atoms. The van der Waals surface area contributed by atoms with Crippen LogP contribution in [0.5, 0.6) is 0 Å². The van der Waals surface area contributed by atoms with Crippen molar-refractivity contribution in [2.45, 2.75) is 50.7 Å². The van der Waals surface area contributed by atoms with Gasteiger partial charge in [0.05, 0.1) is 5.92 Å². The molecule has 1 N–H and O–H groups in total. The molecule has 1 aromatic rings. The minimum absolute atomic E-state index is 0.0333. The molecule has 1 fully saturated rings. The van der Waals surface area contributed by atoms with E-state index in [1.807, 2.05) is 19.1 Å². The highest BCUT2D eigenvalue weighted by atomic mass is 19.4. The second-order valence-electron chi connectivity index (χ2n) is 5.98. The lowest BCUT2D eigenvalue weighted by molar-refractivity contribution is -0.199. The molecule has 0 spiro atoms. The number of hydrogen-bond acceptors (Lipinski definition) is 2. The number of halogens is 3. The molecule has 0 radical (unpaired) electrons. The van der Waals surface area contributed by atoms with E-state index in [-0.39, 0.29) is 24.3 Å². The van der Waals surface area contributed by atoms with Crippen LogP contribution in [0.2, 0.25) is 0 Å². The lowest BCUT2D eigenvalue weighted by Gasteiger charge is -2.40. The Balaban J connectivity index is 2.22. The van der Waals surface area contributed by atoms with Crippen molar-refractivity contribution >= 4 is 0 Å². The van der Waals surface area contributed by atoms with Gasteiger partial charge in [-0.3, -0.25) is 4.98 Å². The van der Waals surface area contributed by atoms with Crippen LogP contribution in [-0.4, -0.2) is 24.2 Å². The second kappa shape index (κ2) is 6.77. The van der Waals surface area contributed by atoms with Crippen molar-refractivity contribution in [1.82, 2.24) is 10.3 Å². The van der Waals surface area contributed by atoms with Crippen molar-refractivity contribution < 1.29 is 13.2 Å². The highest BCUT2D eigenvalue weighted by molar-refractivity contribution is 5.18. The Hall–Kier alpha value is -1.10. The lowest BCUT2D eigenvalue weighted by Crippen LogP contribution is -2.47.